The Morgan fingerprint density at radius 2 is 1.75 bits per heavy atom. The Morgan fingerprint density at radius 1 is 1.00 bits per heavy atom. The number of hydrogen-bond acceptors (Lipinski definition) is 3. The zero-order valence-corrected chi connectivity index (χ0v) is 17.2. The molecule has 28 heavy (non-hydrogen) atoms. The monoisotopic (exact) mass is 377 g/mol. The van der Waals surface area contributed by atoms with Gasteiger partial charge in [-0.25, -0.2) is 4.98 Å². The maximum absolute atomic E-state index is 13.4. The normalized spacial score (nSPS) is 12.4. The van der Waals surface area contributed by atoms with Gasteiger partial charge in [-0.3, -0.25) is 9.36 Å². The average Bonchev–Trinajstić information content (AvgIpc) is 2.74. The molecule has 0 bridgehead atoms. The fraction of sp³-hybridized carbons (Fsp3) is 0.417. The van der Waals surface area contributed by atoms with Gasteiger partial charge in [-0.1, -0.05) is 57.9 Å². The highest BCUT2D eigenvalue weighted by molar-refractivity contribution is 5.77. The van der Waals surface area contributed by atoms with Crippen LogP contribution in [0.5, 0.6) is 0 Å². The first kappa shape index (κ1) is 20.3. The van der Waals surface area contributed by atoms with Gasteiger partial charge in [0.25, 0.3) is 5.56 Å². The summed E-state index contributed by atoms with van der Waals surface area (Å²) in [5, 5.41) is 4.28. The van der Waals surface area contributed by atoms with Gasteiger partial charge in [0.1, 0.15) is 5.82 Å². The van der Waals surface area contributed by atoms with Crippen LogP contribution in [0.2, 0.25) is 0 Å². The maximum Gasteiger partial charge on any atom is 0.266 e. The van der Waals surface area contributed by atoms with Crippen molar-refractivity contribution in [2.24, 2.45) is 0 Å². The quantitative estimate of drug-likeness (QED) is 0.523. The lowest BCUT2D eigenvalue weighted by Gasteiger charge is -2.22. The van der Waals surface area contributed by atoms with Crippen LogP contribution in [0.3, 0.4) is 0 Å². The van der Waals surface area contributed by atoms with Gasteiger partial charge in [-0.15, -0.1) is 0 Å². The third-order valence-corrected chi connectivity index (χ3v) is 5.30. The van der Waals surface area contributed by atoms with E-state index in [0.29, 0.717) is 5.39 Å². The van der Waals surface area contributed by atoms with Crippen LogP contribution in [-0.4, -0.2) is 16.1 Å². The fourth-order valence-corrected chi connectivity index (χ4v) is 3.58. The van der Waals surface area contributed by atoms with E-state index in [4.69, 9.17) is 4.98 Å². The number of nitrogens with one attached hydrogen (secondary N) is 1. The molecule has 1 atom stereocenters. The van der Waals surface area contributed by atoms with E-state index >= 15 is 0 Å². The highest BCUT2D eigenvalue weighted by atomic mass is 16.1. The average molecular weight is 378 g/mol. The van der Waals surface area contributed by atoms with Gasteiger partial charge in [0.15, 0.2) is 0 Å². The maximum atomic E-state index is 13.4. The van der Waals surface area contributed by atoms with Crippen LogP contribution in [0.1, 0.15) is 63.9 Å². The Hall–Kier alpha value is -2.46. The second-order valence-electron chi connectivity index (χ2n) is 7.27. The Kier molecular flexibility index (Phi) is 6.99. The summed E-state index contributed by atoms with van der Waals surface area (Å²) in [5.41, 5.74) is 2.90. The predicted molar refractivity (Wildman–Crippen MR) is 117 cm³/mol. The molecule has 0 amide bonds. The van der Waals surface area contributed by atoms with Crippen LogP contribution >= 0.6 is 0 Å². The van der Waals surface area contributed by atoms with Crippen LogP contribution in [0.15, 0.2) is 53.3 Å². The molecule has 0 fully saturated rings. The first-order valence-electron chi connectivity index (χ1n) is 10.5. The van der Waals surface area contributed by atoms with E-state index in [1.165, 1.54) is 18.4 Å². The molecule has 1 heterocycles. The van der Waals surface area contributed by atoms with Crippen molar-refractivity contribution in [1.82, 2.24) is 14.9 Å². The molecular weight excluding hydrogens is 346 g/mol. The SMILES string of the molecule is CCCCCNC(CC)c1nc2ccccc2c(=O)n1-c1ccc(CC)cc1. The molecule has 0 aliphatic heterocycles. The van der Waals surface area contributed by atoms with Crippen molar-refractivity contribution >= 4 is 10.9 Å². The van der Waals surface area contributed by atoms with Crippen LogP contribution in [-0.2, 0) is 6.42 Å². The zero-order chi connectivity index (χ0) is 19.9. The summed E-state index contributed by atoms with van der Waals surface area (Å²) in [6.45, 7) is 7.42. The number of unbranched alkanes of at least 4 members (excludes halogenated alkanes) is 2. The largest absolute Gasteiger partial charge is 0.307 e. The molecule has 3 aromatic rings. The van der Waals surface area contributed by atoms with Crippen molar-refractivity contribution in [3.8, 4) is 5.69 Å². The number of para-hydroxylation sites is 1. The van der Waals surface area contributed by atoms with E-state index < -0.39 is 0 Å². The predicted octanol–water partition coefficient (Wildman–Crippen LogP) is 5.18. The lowest BCUT2D eigenvalue weighted by atomic mass is 10.1. The number of fused-ring (bicyclic) bond motifs is 1. The first-order chi connectivity index (χ1) is 13.7. The van der Waals surface area contributed by atoms with Gasteiger partial charge in [0.05, 0.1) is 22.6 Å². The third-order valence-electron chi connectivity index (χ3n) is 5.30. The summed E-state index contributed by atoms with van der Waals surface area (Å²) in [7, 11) is 0. The summed E-state index contributed by atoms with van der Waals surface area (Å²) in [5.74, 6) is 0.798. The second-order valence-corrected chi connectivity index (χ2v) is 7.27. The molecule has 0 saturated heterocycles. The molecule has 1 aromatic heterocycles. The lowest BCUT2D eigenvalue weighted by Crippen LogP contribution is -2.31. The van der Waals surface area contributed by atoms with E-state index in [9.17, 15) is 4.79 Å². The van der Waals surface area contributed by atoms with Gasteiger partial charge in [-0.2, -0.15) is 0 Å². The van der Waals surface area contributed by atoms with Gasteiger partial charge in [0, 0.05) is 0 Å². The van der Waals surface area contributed by atoms with E-state index in [2.05, 4.69) is 38.2 Å². The molecule has 1 N–H and O–H groups in total. The second kappa shape index (κ2) is 9.65. The van der Waals surface area contributed by atoms with Gasteiger partial charge in [0.2, 0.25) is 0 Å². The smallest absolute Gasteiger partial charge is 0.266 e. The van der Waals surface area contributed by atoms with Crippen molar-refractivity contribution in [1.29, 1.82) is 0 Å². The molecule has 2 aromatic carbocycles. The fourth-order valence-electron chi connectivity index (χ4n) is 3.58. The van der Waals surface area contributed by atoms with Crippen LogP contribution < -0.4 is 10.9 Å². The number of aromatic nitrogens is 2. The van der Waals surface area contributed by atoms with E-state index in [-0.39, 0.29) is 11.6 Å². The molecule has 0 radical (unpaired) electrons. The molecule has 0 aliphatic rings. The van der Waals surface area contributed by atoms with Crippen LogP contribution in [0.4, 0.5) is 0 Å². The van der Waals surface area contributed by atoms with Gasteiger partial charge < -0.3 is 5.32 Å². The highest BCUT2D eigenvalue weighted by Gasteiger charge is 2.19. The summed E-state index contributed by atoms with van der Waals surface area (Å²) in [4.78, 5) is 18.3. The number of hydrogen-bond donors (Lipinski definition) is 1. The topological polar surface area (TPSA) is 46.9 Å². The lowest BCUT2D eigenvalue weighted by molar-refractivity contribution is 0.472. The summed E-state index contributed by atoms with van der Waals surface area (Å²) < 4.78 is 1.79. The highest BCUT2D eigenvalue weighted by Crippen LogP contribution is 2.21. The van der Waals surface area contributed by atoms with Crippen molar-refractivity contribution in [2.45, 2.75) is 58.9 Å². The molecule has 148 valence electrons. The summed E-state index contributed by atoms with van der Waals surface area (Å²) in [6, 6.07) is 15.9. The molecule has 1 unspecified atom stereocenters. The molecule has 3 rings (SSSR count). The minimum atomic E-state index is -0.00124. The van der Waals surface area contributed by atoms with Crippen molar-refractivity contribution in [3.63, 3.8) is 0 Å². The third kappa shape index (κ3) is 4.33. The first-order valence-corrected chi connectivity index (χ1v) is 10.5. The summed E-state index contributed by atoms with van der Waals surface area (Å²) in [6.07, 6.45) is 5.40. The Bertz CT molecular complexity index is 960. The van der Waals surface area contributed by atoms with Gasteiger partial charge >= 0.3 is 0 Å². The molecule has 0 spiro atoms. The zero-order valence-electron chi connectivity index (χ0n) is 17.2. The Balaban J connectivity index is 2.11. The van der Waals surface area contributed by atoms with Crippen LogP contribution in [0.25, 0.3) is 16.6 Å². The number of rotatable bonds is 9. The molecule has 0 saturated carbocycles. The van der Waals surface area contributed by atoms with Crippen molar-refractivity contribution in [2.75, 3.05) is 6.54 Å². The molecule has 4 nitrogen and oxygen atoms in total. The number of benzene rings is 2. The minimum absolute atomic E-state index is 0.00124. The van der Waals surface area contributed by atoms with E-state index in [0.717, 1.165) is 42.8 Å². The minimum Gasteiger partial charge on any atom is -0.307 e. The number of nitrogens with zero attached hydrogens (tertiary/aromatic N) is 2. The van der Waals surface area contributed by atoms with Crippen molar-refractivity contribution in [3.05, 3.63) is 70.3 Å². The van der Waals surface area contributed by atoms with Gasteiger partial charge in [-0.05, 0) is 55.6 Å². The molecular formula is C24H31N3O. The standard InChI is InChI=1S/C24H31N3O/c1-4-7-10-17-25-21(6-3)23-26-22-12-9-8-11-20(22)24(28)27(23)19-15-13-18(5-2)14-16-19/h8-9,11-16,21,25H,4-7,10,17H2,1-3H3. The van der Waals surface area contributed by atoms with Crippen molar-refractivity contribution < 1.29 is 0 Å². The van der Waals surface area contributed by atoms with Crippen LogP contribution in [0, 0.1) is 0 Å². The number of aryl methyl sites for hydroxylation is 1. The van der Waals surface area contributed by atoms with E-state index in [1.54, 1.807) is 4.57 Å². The van der Waals surface area contributed by atoms with E-state index in [1.807, 2.05) is 36.4 Å². The molecule has 4 heteroatoms. The Labute approximate surface area is 167 Å². The Morgan fingerprint density at radius 3 is 2.43 bits per heavy atom. The summed E-state index contributed by atoms with van der Waals surface area (Å²) >= 11 is 0. The molecule has 0 aliphatic carbocycles.